The first-order chi connectivity index (χ1) is 5.66. The summed E-state index contributed by atoms with van der Waals surface area (Å²) < 4.78 is 5.56. The normalized spacial score (nSPS) is 41.9. The molecule has 0 aromatic carbocycles. The average molecular weight is 166 g/mol. The van der Waals surface area contributed by atoms with Gasteiger partial charge in [0.1, 0.15) is 7.85 Å². The topological polar surface area (TPSA) is 9.23 Å². The molecular weight excluding hydrogens is 147 g/mol. The van der Waals surface area contributed by atoms with Crippen molar-refractivity contribution in [3.8, 4) is 0 Å². The van der Waals surface area contributed by atoms with Gasteiger partial charge in [-0.05, 0) is 25.2 Å². The summed E-state index contributed by atoms with van der Waals surface area (Å²) in [6, 6.07) is -0.0125. The van der Waals surface area contributed by atoms with Crippen molar-refractivity contribution in [2.24, 2.45) is 11.8 Å². The minimum absolute atomic E-state index is 0.0125. The van der Waals surface area contributed by atoms with Gasteiger partial charge in [0.25, 0.3) is 0 Å². The van der Waals surface area contributed by atoms with Gasteiger partial charge < -0.3 is 4.74 Å². The fourth-order valence-electron chi connectivity index (χ4n) is 1.99. The van der Waals surface area contributed by atoms with Crippen molar-refractivity contribution >= 4 is 7.85 Å². The molecule has 2 heteroatoms. The molecule has 0 amide bonds. The molecule has 0 saturated carbocycles. The molecule has 0 N–H and O–H groups in total. The van der Waals surface area contributed by atoms with Crippen molar-refractivity contribution in [2.75, 3.05) is 0 Å². The highest BCUT2D eigenvalue weighted by molar-refractivity contribution is 6.11. The van der Waals surface area contributed by atoms with Crippen LogP contribution in [-0.4, -0.2) is 20.0 Å². The third kappa shape index (κ3) is 2.04. The van der Waals surface area contributed by atoms with Gasteiger partial charge in [-0.2, -0.15) is 0 Å². The van der Waals surface area contributed by atoms with E-state index in [4.69, 9.17) is 12.6 Å². The Kier molecular flexibility index (Phi) is 3.63. The van der Waals surface area contributed by atoms with Crippen molar-refractivity contribution in [1.82, 2.24) is 0 Å². The number of rotatable bonds is 3. The first-order valence-corrected chi connectivity index (χ1v) is 5.07. The van der Waals surface area contributed by atoms with Crippen LogP contribution >= 0.6 is 0 Å². The minimum Gasteiger partial charge on any atom is -0.384 e. The van der Waals surface area contributed by atoms with Crippen LogP contribution in [0.5, 0.6) is 0 Å². The summed E-state index contributed by atoms with van der Waals surface area (Å²) >= 11 is 0. The first kappa shape index (κ1) is 10.1. The number of ether oxygens (including phenoxy) is 1. The Hall–Kier alpha value is 0.0249. The highest BCUT2D eigenvalue weighted by Gasteiger charge is 2.35. The lowest BCUT2D eigenvalue weighted by atomic mass is 9.78. The predicted molar refractivity (Wildman–Crippen MR) is 52.3 cm³/mol. The first-order valence-electron chi connectivity index (χ1n) is 5.07. The average Bonchev–Trinajstić information content (AvgIpc) is 2.25. The molecule has 1 rings (SSSR count). The van der Waals surface area contributed by atoms with Gasteiger partial charge >= 0.3 is 0 Å². The summed E-state index contributed by atoms with van der Waals surface area (Å²) in [7, 11) is 5.88. The van der Waals surface area contributed by atoms with Crippen molar-refractivity contribution in [1.29, 1.82) is 0 Å². The fourth-order valence-corrected chi connectivity index (χ4v) is 1.99. The molecule has 0 aliphatic carbocycles. The van der Waals surface area contributed by atoms with E-state index in [1.807, 2.05) is 0 Å². The zero-order chi connectivity index (χ0) is 9.14. The van der Waals surface area contributed by atoms with E-state index >= 15 is 0 Å². The minimum atomic E-state index is -0.0125. The zero-order valence-electron chi connectivity index (χ0n) is 8.42. The summed E-state index contributed by atoms with van der Waals surface area (Å²) in [5, 5.41) is 0. The molecular formula is C10H19BO. The van der Waals surface area contributed by atoms with Crippen LogP contribution < -0.4 is 0 Å². The lowest BCUT2D eigenvalue weighted by Gasteiger charge is -2.17. The van der Waals surface area contributed by atoms with Crippen molar-refractivity contribution < 1.29 is 4.74 Å². The van der Waals surface area contributed by atoms with E-state index in [-0.39, 0.29) is 6.00 Å². The molecule has 1 fully saturated rings. The largest absolute Gasteiger partial charge is 0.384 e. The molecule has 0 spiro atoms. The molecule has 2 radical (unpaired) electrons. The third-order valence-electron chi connectivity index (χ3n) is 3.10. The van der Waals surface area contributed by atoms with Crippen molar-refractivity contribution in [3.63, 3.8) is 0 Å². The van der Waals surface area contributed by atoms with E-state index in [1.165, 1.54) is 19.3 Å². The summed E-state index contributed by atoms with van der Waals surface area (Å²) in [5.41, 5.74) is 0. The van der Waals surface area contributed by atoms with Crippen molar-refractivity contribution in [2.45, 2.75) is 52.1 Å². The van der Waals surface area contributed by atoms with E-state index in [0.717, 1.165) is 0 Å². The van der Waals surface area contributed by atoms with Gasteiger partial charge in [-0.15, -0.1) is 0 Å². The van der Waals surface area contributed by atoms with Crippen LogP contribution in [-0.2, 0) is 4.74 Å². The molecule has 68 valence electrons. The number of hydrogen-bond acceptors (Lipinski definition) is 1. The number of unbranched alkanes of at least 4 members (excludes halogenated alkanes) is 1. The number of hydrogen-bond donors (Lipinski definition) is 0. The molecule has 0 aromatic rings. The molecule has 0 bridgehead atoms. The van der Waals surface area contributed by atoms with E-state index < -0.39 is 0 Å². The molecule has 12 heavy (non-hydrogen) atoms. The monoisotopic (exact) mass is 166 g/mol. The van der Waals surface area contributed by atoms with Gasteiger partial charge in [0.05, 0.1) is 6.10 Å². The lowest BCUT2D eigenvalue weighted by molar-refractivity contribution is 0.0844. The second kappa shape index (κ2) is 4.31. The second-order valence-electron chi connectivity index (χ2n) is 3.97. The third-order valence-corrected chi connectivity index (χ3v) is 3.10. The van der Waals surface area contributed by atoms with Crippen LogP contribution in [0.3, 0.4) is 0 Å². The molecule has 1 saturated heterocycles. The molecule has 4 atom stereocenters. The van der Waals surface area contributed by atoms with Gasteiger partial charge in [0.15, 0.2) is 0 Å². The van der Waals surface area contributed by atoms with E-state index in [1.54, 1.807) is 0 Å². The molecule has 1 nitrogen and oxygen atoms in total. The van der Waals surface area contributed by atoms with E-state index in [0.29, 0.717) is 17.9 Å². The fraction of sp³-hybridized carbons (Fsp3) is 1.00. The highest BCUT2D eigenvalue weighted by Crippen LogP contribution is 2.34. The molecule has 1 aliphatic rings. The molecule has 1 heterocycles. The van der Waals surface area contributed by atoms with Gasteiger partial charge in [0.2, 0.25) is 0 Å². The Bertz CT molecular complexity index is 138. The highest BCUT2D eigenvalue weighted by atomic mass is 16.5. The summed E-state index contributed by atoms with van der Waals surface area (Å²) in [6.45, 7) is 6.59. The maximum Gasteiger partial charge on any atom is 0.109 e. The van der Waals surface area contributed by atoms with E-state index in [9.17, 15) is 0 Å². The van der Waals surface area contributed by atoms with Crippen LogP contribution in [0, 0.1) is 11.8 Å². The Morgan fingerprint density at radius 3 is 2.42 bits per heavy atom. The van der Waals surface area contributed by atoms with Crippen LogP contribution in [0.4, 0.5) is 0 Å². The van der Waals surface area contributed by atoms with Gasteiger partial charge in [0, 0.05) is 6.00 Å². The Balaban J connectivity index is 2.40. The molecule has 1 aliphatic heterocycles. The lowest BCUT2D eigenvalue weighted by Crippen LogP contribution is -2.19. The predicted octanol–water partition coefficient (Wildman–Crippen LogP) is 2.34. The molecule has 0 aromatic heterocycles. The van der Waals surface area contributed by atoms with Gasteiger partial charge in [-0.1, -0.05) is 26.7 Å². The smallest absolute Gasteiger partial charge is 0.109 e. The van der Waals surface area contributed by atoms with Crippen LogP contribution in [0.1, 0.15) is 40.0 Å². The van der Waals surface area contributed by atoms with Gasteiger partial charge in [-0.3, -0.25) is 0 Å². The Morgan fingerprint density at radius 2 is 2.00 bits per heavy atom. The standard InChI is InChI=1S/C10H19BO/c1-4-5-6-9-7(2)8(3)12-10(9)11/h7-10H,4-6H2,1-3H3/t7?,8?,9-,10?/m1/s1. The zero-order valence-corrected chi connectivity index (χ0v) is 8.42. The summed E-state index contributed by atoms with van der Waals surface area (Å²) in [4.78, 5) is 0. The van der Waals surface area contributed by atoms with Crippen molar-refractivity contribution in [3.05, 3.63) is 0 Å². The maximum atomic E-state index is 5.88. The van der Waals surface area contributed by atoms with Crippen LogP contribution in [0.25, 0.3) is 0 Å². The second-order valence-corrected chi connectivity index (χ2v) is 3.97. The van der Waals surface area contributed by atoms with E-state index in [2.05, 4.69) is 20.8 Å². The Labute approximate surface area is 77.3 Å². The van der Waals surface area contributed by atoms with Crippen LogP contribution in [0.15, 0.2) is 0 Å². The van der Waals surface area contributed by atoms with Crippen LogP contribution in [0.2, 0.25) is 0 Å². The maximum absolute atomic E-state index is 5.88. The SMILES string of the molecule is [B]C1OC(C)C(C)[C@H]1CCCC. The Morgan fingerprint density at radius 1 is 1.33 bits per heavy atom. The summed E-state index contributed by atoms with van der Waals surface area (Å²) in [5.74, 6) is 1.21. The van der Waals surface area contributed by atoms with Gasteiger partial charge in [-0.25, -0.2) is 0 Å². The quantitative estimate of drug-likeness (QED) is 0.584. The molecule has 3 unspecified atom stereocenters. The summed E-state index contributed by atoms with van der Waals surface area (Å²) in [6.07, 6.45) is 4.11.